The summed E-state index contributed by atoms with van der Waals surface area (Å²) in [4.78, 5) is 21.8. The van der Waals surface area contributed by atoms with Crippen molar-refractivity contribution >= 4 is 12.3 Å². The number of hydrogen-bond donors (Lipinski definition) is 2. The van der Waals surface area contributed by atoms with E-state index in [4.69, 9.17) is 9.47 Å². The Morgan fingerprint density at radius 2 is 2.29 bits per heavy atom. The van der Waals surface area contributed by atoms with Crippen molar-refractivity contribution in [1.82, 2.24) is 20.5 Å². The Labute approximate surface area is 162 Å². The predicted octanol–water partition coefficient (Wildman–Crippen LogP) is 1.22. The molecule has 1 fully saturated rings. The van der Waals surface area contributed by atoms with Gasteiger partial charge in [-0.2, -0.15) is 0 Å². The Kier molecular flexibility index (Phi) is 5.43. The molecule has 9 heteroatoms. The van der Waals surface area contributed by atoms with Gasteiger partial charge in [0, 0.05) is 24.5 Å². The first-order valence-electron chi connectivity index (χ1n) is 9.51. The molecule has 2 unspecified atom stereocenters. The van der Waals surface area contributed by atoms with Crippen LogP contribution < -0.4 is 15.4 Å². The van der Waals surface area contributed by atoms with Crippen molar-refractivity contribution in [2.45, 2.75) is 25.4 Å². The van der Waals surface area contributed by atoms with E-state index in [2.05, 4.69) is 20.6 Å². The Morgan fingerprint density at radius 3 is 3.07 bits per heavy atom. The molecule has 150 valence electrons. The molecule has 4 rings (SSSR count). The van der Waals surface area contributed by atoms with Crippen LogP contribution in [-0.4, -0.2) is 61.6 Å². The lowest BCUT2D eigenvalue weighted by Crippen LogP contribution is -2.29. The van der Waals surface area contributed by atoms with E-state index in [0.29, 0.717) is 49.1 Å². The van der Waals surface area contributed by atoms with Crippen LogP contribution in [0.1, 0.15) is 17.5 Å². The number of fused-ring (bicyclic) bond motifs is 1. The molecule has 0 aromatic carbocycles. The van der Waals surface area contributed by atoms with E-state index in [9.17, 15) is 9.18 Å². The highest BCUT2D eigenvalue weighted by Gasteiger charge is 2.34. The fourth-order valence-electron chi connectivity index (χ4n) is 3.90. The van der Waals surface area contributed by atoms with Gasteiger partial charge in [-0.3, -0.25) is 4.90 Å². The van der Waals surface area contributed by atoms with E-state index < -0.39 is 0 Å². The number of cyclic esters (lactones) is 1. The summed E-state index contributed by atoms with van der Waals surface area (Å²) in [6.07, 6.45) is 6.30. The summed E-state index contributed by atoms with van der Waals surface area (Å²) in [5, 5.41) is 6.44. The summed E-state index contributed by atoms with van der Waals surface area (Å²) in [6, 6.07) is 0. The van der Waals surface area contributed by atoms with Crippen LogP contribution in [0.4, 0.5) is 9.18 Å². The molecule has 1 amide bonds. The van der Waals surface area contributed by atoms with Gasteiger partial charge in [-0.1, -0.05) is 0 Å². The van der Waals surface area contributed by atoms with Crippen molar-refractivity contribution in [1.29, 1.82) is 0 Å². The molecule has 1 aromatic rings. The number of hydrogen-bond acceptors (Lipinski definition) is 7. The smallest absolute Gasteiger partial charge is 0.415 e. The number of nitrogens with one attached hydrogen (secondary N) is 2. The number of aromatic nitrogens is 1. The molecule has 1 aliphatic carbocycles. The minimum absolute atomic E-state index is 0.166. The number of pyridine rings is 1. The molecule has 1 aromatic heterocycles. The summed E-state index contributed by atoms with van der Waals surface area (Å²) < 4.78 is 24.7. The number of methoxy groups -OCH3 is 1. The normalized spacial score (nSPS) is 23.3. The standard InChI is InChI=1S/C19H24FN5O3/c1-27-18-15-7-12(6-14(15)16(20)9-24-18)8-21-3-2-13-11-25(19(26)28-13)17-10-22-4-5-23-17/h5,9-10,12-13,21-22H,2-4,6-8,11H2,1H3. The second kappa shape index (κ2) is 8.14. The zero-order valence-electron chi connectivity index (χ0n) is 15.8. The van der Waals surface area contributed by atoms with Crippen molar-refractivity contribution in [3.8, 4) is 5.88 Å². The van der Waals surface area contributed by atoms with Crippen LogP contribution in [0, 0.1) is 11.7 Å². The molecule has 3 heterocycles. The van der Waals surface area contributed by atoms with Crippen molar-refractivity contribution in [2.24, 2.45) is 10.9 Å². The molecule has 0 saturated carbocycles. The van der Waals surface area contributed by atoms with Crippen LogP contribution in [0.15, 0.2) is 23.2 Å². The van der Waals surface area contributed by atoms with Gasteiger partial charge in [0.1, 0.15) is 11.9 Å². The van der Waals surface area contributed by atoms with Gasteiger partial charge in [-0.15, -0.1) is 0 Å². The zero-order valence-corrected chi connectivity index (χ0v) is 15.8. The van der Waals surface area contributed by atoms with E-state index in [-0.39, 0.29) is 18.0 Å². The molecular formula is C19H24FN5O3. The highest BCUT2D eigenvalue weighted by atomic mass is 19.1. The number of aliphatic imine (C=N–C) groups is 1. The van der Waals surface area contributed by atoms with E-state index in [1.807, 2.05) is 0 Å². The first-order valence-corrected chi connectivity index (χ1v) is 9.51. The minimum atomic E-state index is -0.363. The first-order chi connectivity index (χ1) is 13.7. The first kappa shape index (κ1) is 18.7. The molecule has 0 spiro atoms. The van der Waals surface area contributed by atoms with Gasteiger partial charge < -0.3 is 20.1 Å². The van der Waals surface area contributed by atoms with E-state index >= 15 is 0 Å². The van der Waals surface area contributed by atoms with Gasteiger partial charge in [-0.25, -0.2) is 19.2 Å². The van der Waals surface area contributed by atoms with Gasteiger partial charge >= 0.3 is 6.09 Å². The lowest BCUT2D eigenvalue weighted by atomic mass is 10.1. The Morgan fingerprint density at radius 1 is 1.43 bits per heavy atom. The third-order valence-corrected chi connectivity index (χ3v) is 5.28. The number of carbonyl (C=O) groups excluding carboxylic acids is 1. The summed E-state index contributed by atoms with van der Waals surface area (Å²) in [6.45, 7) is 2.64. The maximum absolute atomic E-state index is 14.0. The molecule has 2 N–H and O–H groups in total. The van der Waals surface area contributed by atoms with Crippen LogP contribution in [0.25, 0.3) is 0 Å². The monoisotopic (exact) mass is 389 g/mol. The molecule has 0 radical (unpaired) electrons. The van der Waals surface area contributed by atoms with Crippen LogP contribution in [0.5, 0.6) is 5.88 Å². The number of rotatable bonds is 7. The number of amides is 1. The average Bonchev–Trinajstić information content (AvgIpc) is 3.30. The maximum Gasteiger partial charge on any atom is 0.415 e. The second-order valence-electron chi connectivity index (χ2n) is 7.18. The van der Waals surface area contributed by atoms with Crippen LogP contribution >= 0.6 is 0 Å². The summed E-state index contributed by atoms with van der Waals surface area (Å²) >= 11 is 0. The highest BCUT2D eigenvalue weighted by molar-refractivity contribution is 5.73. The van der Waals surface area contributed by atoms with E-state index in [0.717, 1.165) is 25.1 Å². The number of ether oxygens (including phenoxy) is 2. The Balaban J connectivity index is 1.22. The van der Waals surface area contributed by atoms with Crippen LogP contribution in [0.2, 0.25) is 0 Å². The largest absolute Gasteiger partial charge is 0.481 e. The molecule has 0 bridgehead atoms. The molecule has 3 aliphatic rings. The molecule has 8 nitrogen and oxygen atoms in total. The number of nitrogens with zero attached hydrogens (tertiary/aromatic N) is 3. The molecule has 2 aliphatic heterocycles. The maximum atomic E-state index is 14.0. The molecule has 2 atom stereocenters. The van der Waals surface area contributed by atoms with Crippen molar-refractivity contribution < 1.29 is 18.7 Å². The van der Waals surface area contributed by atoms with Crippen LogP contribution in [0.3, 0.4) is 0 Å². The van der Waals surface area contributed by atoms with Gasteiger partial charge in [0.2, 0.25) is 5.88 Å². The third kappa shape index (κ3) is 3.80. The molecule has 1 saturated heterocycles. The molecular weight excluding hydrogens is 365 g/mol. The average molecular weight is 389 g/mol. The van der Waals surface area contributed by atoms with Crippen molar-refractivity contribution in [2.75, 3.05) is 33.3 Å². The van der Waals surface area contributed by atoms with Crippen molar-refractivity contribution in [3.05, 3.63) is 35.2 Å². The van der Waals surface area contributed by atoms with Crippen molar-refractivity contribution in [3.63, 3.8) is 0 Å². The zero-order chi connectivity index (χ0) is 19.5. The minimum Gasteiger partial charge on any atom is -0.481 e. The number of carbonyl (C=O) groups is 1. The Hall–Kier alpha value is -2.68. The predicted molar refractivity (Wildman–Crippen MR) is 101 cm³/mol. The fraction of sp³-hybridized carbons (Fsp3) is 0.526. The summed E-state index contributed by atoms with van der Waals surface area (Å²) in [5.41, 5.74) is 1.60. The highest BCUT2D eigenvalue weighted by Crippen LogP contribution is 2.33. The van der Waals surface area contributed by atoms with E-state index in [1.165, 1.54) is 6.20 Å². The fourth-order valence-corrected chi connectivity index (χ4v) is 3.90. The lowest BCUT2D eigenvalue weighted by Gasteiger charge is -2.16. The quantitative estimate of drug-likeness (QED) is 0.682. The molecule has 28 heavy (non-hydrogen) atoms. The van der Waals surface area contributed by atoms with Gasteiger partial charge in [0.15, 0.2) is 5.82 Å². The van der Waals surface area contributed by atoms with Gasteiger partial charge in [0.05, 0.1) is 19.9 Å². The topological polar surface area (TPSA) is 88.1 Å². The third-order valence-electron chi connectivity index (χ3n) is 5.28. The van der Waals surface area contributed by atoms with Crippen LogP contribution in [-0.2, 0) is 17.6 Å². The number of halogens is 1. The summed E-state index contributed by atoms with van der Waals surface area (Å²) in [7, 11) is 1.56. The van der Waals surface area contributed by atoms with E-state index in [1.54, 1.807) is 24.4 Å². The lowest BCUT2D eigenvalue weighted by molar-refractivity contribution is 0.130. The second-order valence-corrected chi connectivity index (χ2v) is 7.18. The van der Waals surface area contributed by atoms with Gasteiger partial charge in [0.25, 0.3) is 0 Å². The van der Waals surface area contributed by atoms with Gasteiger partial charge in [-0.05, 0) is 43.8 Å². The SMILES string of the molecule is COc1ncc(F)c2c1CC(CNCCC1CN(C3=CNCC=N3)C(=O)O1)C2. The summed E-state index contributed by atoms with van der Waals surface area (Å²) in [5.74, 6) is 1.15. The Bertz CT molecular complexity index is 813.